The maximum Gasteiger partial charge on any atom is 0.408 e. The number of hydrogen-bond acceptors (Lipinski definition) is 5. The molecule has 2 unspecified atom stereocenters. The van der Waals surface area contributed by atoms with Crippen LogP contribution in [0.3, 0.4) is 0 Å². The average molecular weight is 447 g/mol. The molecular formula is C23H30NO6P. The summed E-state index contributed by atoms with van der Waals surface area (Å²) < 4.78 is 23.5. The minimum Gasteiger partial charge on any atom is -0.460 e. The molecule has 0 fully saturated rings. The predicted octanol–water partition coefficient (Wildman–Crippen LogP) is 4.48. The molecule has 2 aromatic rings. The van der Waals surface area contributed by atoms with Crippen molar-refractivity contribution < 1.29 is 28.5 Å². The van der Waals surface area contributed by atoms with E-state index in [9.17, 15) is 19.0 Å². The molecule has 0 aromatic heterocycles. The molecule has 0 aliphatic rings. The Morgan fingerprint density at radius 1 is 1.00 bits per heavy atom. The number of ether oxygens (including phenoxy) is 2. The molecule has 2 atom stereocenters. The molecule has 0 aliphatic carbocycles. The summed E-state index contributed by atoms with van der Waals surface area (Å²) in [6.07, 6.45) is -1.20. The van der Waals surface area contributed by atoms with Gasteiger partial charge in [-0.3, -0.25) is 9.36 Å². The van der Waals surface area contributed by atoms with Crippen LogP contribution in [0.1, 0.15) is 38.3 Å². The molecule has 2 rings (SSSR count). The quantitative estimate of drug-likeness (QED) is 0.434. The highest BCUT2D eigenvalue weighted by Gasteiger charge is 2.34. The van der Waals surface area contributed by atoms with Gasteiger partial charge in [0.05, 0.1) is 6.42 Å². The molecule has 0 saturated heterocycles. The largest absolute Gasteiger partial charge is 0.460 e. The normalized spacial score (nSPS) is 14.2. The van der Waals surface area contributed by atoms with Crippen molar-refractivity contribution in [2.24, 2.45) is 0 Å². The van der Waals surface area contributed by atoms with E-state index in [0.29, 0.717) is 0 Å². The van der Waals surface area contributed by atoms with Crippen LogP contribution in [0.4, 0.5) is 4.79 Å². The summed E-state index contributed by atoms with van der Waals surface area (Å²) >= 11 is 0. The second-order valence-corrected chi connectivity index (χ2v) is 10.8. The Kier molecular flexibility index (Phi) is 8.84. The Hall–Kier alpha value is -2.63. The molecule has 0 saturated carbocycles. The van der Waals surface area contributed by atoms with E-state index in [0.717, 1.165) is 11.1 Å². The fourth-order valence-corrected chi connectivity index (χ4v) is 4.45. The van der Waals surface area contributed by atoms with Crippen LogP contribution in [0.5, 0.6) is 0 Å². The topological polar surface area (TPSA) is 102 Å². The van der Waals surface area contributed by atoms with Crippen LogP contribution in [0, 0.1) is 0 Å². The van der Waals surface area contributed by atoms with Crippen LogP contribution >= 0.6 is 7.37 Å². The van der Waals surface area contributed by atoms with Gasteiger partial charge in [-0.05, 0) is 31.9 Å². The minimum absolute atomic E-state index is 0.0400. The molecule has 168 valence electrons. The Morgan fingerprint density at radius 2 is 1.55 bits per heavy atom. The van der Waals surface area contributed by atoms with Gasteiger partial charge in [0, 0.05) is 12.6 Å². The van der Waals surface area contributed by atoms with Gasteiger partial charge >= 0.3 is 12.1 Å². The number of benzene rings is 2. The Bertz CT molecular complexity index is 895. The molecule has 0 aliphatic heterocycles. The zero-order valence-corrected chi connectivity index (χ0v) is 19.0. The maximum atomic E-state index is 13.1. The van der Waals surface area contributed by atoms with Crippen LogP contribution in [-0.2, 0) is 31.9 Å². The third-order valence-electron chi connectivity index (χ3n) is 4.31. The second-order valence-electron chi connectivity index (χ2n) is 8.23. The van der Waals surface area contributed by atoms with Crippen LogP contribution in [0.25, 0.3) is 0 Å². The van der Waals surface area contributed by atoms with Crippen LogP contribution < -0.4 is 5.32 Å². The van der Waals surface area contributed by atoms with E-state index in [1.807, 2.05) is 48.5 Å². The van der Waals surface area contributed by atoms with E-state index in [1.165, 1.54) is 0 Å². The summed E-state index contributed by atoms with van der Waals surface area (Å²) in [7, 11) is -3.95. The van der Waals surface area contributed by atoms with E-state index in [-0.39, 0.29) is 25.6 Å². The summed E-state index contributed by atoms with van der Waals surface area (Å²) in [6, 6.07) is 18.2. The van der Waals surface area contributed by atoms with Gasteiger partial charge in [-0.1, -0.05) is 60.7 Å². The maximum absolute atomic E-state index is 13.1. The van der Waals surface area contributed by atoms with E-state index < -0.39 is 30.8 Å². The lowest BCUT2D eigenvalue weighted by Crippen LogP contribution is -2.37. The van der Waals surface area contributed by atoms with Crippen molar-refractivity contribution >= 4 is 19.4 Å². The molecule has 0 bridgehead atoms. The summed E-state index contributed by atoms with van der Waals surface area (Å²) in [5.41, 5.74) is 0.899. The fraction of sp³-hybridized carbons (Fsp3) is 0.391. The summed E-state index contributed by atoms with van der Waals surface area (Å²) in [6.45, 7) is 5.22. The lowest BCUT2D eigenvalue weighted by Gasteiger charge is -2.25. The van der Waals surface area contributed by atoms with Crippen molar-refractivity contribution in [1.82, 2.24) is 5.32 Å². The Balaban J connectivity index is 2.04. The lowest BCUT2D eigenvalue weighted by atomic mass is 10.1. The first-order valence-electron chi connectivity index (χ1n) is 10.1. The number of nitrogens with one attached hydrogen (secondary N) is 1. The molecule has 31 heavy (non-hydrogen) atoms. The smallest absolute Gasteiger partial charge is 0.408 e. The molecule has 0 heterocycles. The van der Waals surface area contributed by atoms with Crippen molar-refractivity contribution in [3.63, 3.8) is 0 Å². The first-order valence-corrected chi connectivity index (χ1v) is 12.0. The van der Waals surface area contributed by atoms with E-state index in [1.54, 1.807) is 32.9 Å². The van der Waals surface area contributed by atoms with E-state index in [2.05, 4.69) is 5.32 Å². The van der Waals surface area contributed by atoms with Crippen LogP contribution in [0.2, 0.25) is 0 Å². The standard InChI is InChI=1S/C23H30NO6P/c1-23(2,3)30-21(25)14-15-31(27,28)20(16-18-10-6-4-7-11-18)24-22(26)29-17-19-12-8-5-9-13-19/h4-13,20H,14-17H2,1-3H3,(H,24,26)(H,27,28). The number of hydrogen-bond donors (Lipinski definition) is 2. The summed E-state index contributed by atoms with van der Waals surface area (Å²) in [5, 5.41) is 2.52. The minimum atomic E-state index is -3.95. The summed E-state index contributed by atoms with van der Waals surface area (Å²) in [4.78, 5) is 35.0. The van der Waals surface area contributed by atoms with Gasteiger partial charge < -0.3 is 19.7 Å². The third kappa shape index (κ3) is 9.37. The molecule has 2 aromatic carbocycles. The van der Waals surface area contributed by atoms with Gasteiger partial charge in [0.15, 0.2) is 0 Å². The van der Waals surface area contributed by atoms with Crippen molar-refractivity contribution in [1.29, 1.82) is 0 Å². The zero-order valence-electron chi connectivity index (χ0n) is 18.1. The second kappa shape index (κ2) is 11.1. The van der Waals surface area contributed by atoms with Crippen molar-refractivity contribution in [3.8, 4) is 0 Å². The van der Waals surface area contributed by atoms with Crippen LogP contribution in [-0.4, -0.2) is 34.5 Å². The van der Waals surface area contributed by atoms with E-state index in [4.69, 9.17) is 9.47 Å². The Labute approximate surface area is 183 Å². The number of alkyl carbamates (subject to hydrolysis) is 1. The lowest BCUT2D eigenvalue weighted by molar-refractivity contribution is -0.154. The Morgan fingerprint density at radius 3 is 2.10 bits per heavy atom. The molecule has 7 nitrogen and oxygen atoms in total. The SMILES string of the molecule is CC(C)(C)OC(=O)CCP(=O)(O)C(Cc1ccccc1)NC(=O)OCc1ccccc1. The monoisotopic (exact) mass is 447 g/mol. The number of amides is 1. The third-order valence-corrected chi connectivity index (χ3v) is 6.46. The van der Waals surface area contributed by atoms with Crippen molar-refractivity contribution in [2.45, 2.75) is 51.6 Å². The van der Waals surface area contributed by atoms with Gasteiger partial charge in [0.1, 0.15) is 18.0 Å². The van der Waals surface area contributed by atoms with Crippen molar-refractivity contribution in [3.05, 3.63) is 71.8 Å². The summed E-state index contributed by atoms with van der Waals surface area (Å²) in [5.74, 6) is -1.66. The number of esters is 1. The molecule has 0 spiro atoms. The van der Waals surface area contributed by atoms with E-state index >= 15 is 0 Å². The van der Waals surface area contributed by atoms with Crippen molar-refractivity contribution in [2.75, 3.05) is 6.16 Å². The number of rotatable bonds is 9. The number of carbonyl (C=O) groups is 2. The molecule has 2 N–H and O–H groups in total. The zero-order chi connectivity index (χ0) is 22.9. The van der Waals surface area contributed by atoms with Crippen LogP contribution in [0.15, 0.2) is 60.7 Å². The number of carbonyl (C=O) groups excluding carboxylic acids is 2. The average Bonchev–Trinajstić information content (AvgIpc) is 2.71. The molecule has 8 heteroatoms. The van der Waals surface area contributed by atoms with Gasteiger partial charge in [-0.25, -0.2) is 4.79 Å². The molecular weight excluding hydrogens is 417 g/mol. The predicted molar refractivity (Wildman–Crippen MR) is 119 cm³/mol. The highest BCUT2D eigenvalue weighted by Crippen LogP contribution is 2.47. The van der Waals surface area contributed by atoms with Gasteiger partial charge in [-0.2, -0.15) is 0 Å². The first kappa shape index (κ1) is 24.6. The highest BCUT2D eigenvalue weighted by molar-refractivity contribution is 7.58. The van der Waals surface area contributed by atoms with Gasteiger partial charge in [-0.15, -0.1) is 0 Å². The first-order chi connectivity index (χ1) is 14.5. The van der Waals surface area contributed by atoms with Gasteiger partial charge in [0.25, 0.3) is 0 Å². The van der Waals surface area contributed by atoms with Gasteiger partial charge in [0.2, 0.25) is 7.37 Å². The highest BCUT2D eigenvalue weighted by atomic mass is 31.2. The molecule has 0 radical (unpaired) electrons. The molecule has 1 amide bonds. The fourth-order valence-electron chi connectivity index (χ4n) is 2.83.